The average Bonchev–Trinajstić information content (AvgIpc) is 2.94. The minimum Gasteiger partial charge on any atom is -0.458 e. The maximum Gasteiger partial charge on any atom is 0.303 e. The van der Waals surface area contributed by atoms with Crippen LogP contribution in [-0.4, -0.2) is 23.3 Å². The number of hydrogen-bond acceptors (Lipinski definition) is 3. The van der Waals surface area contributed by atoms with Crippen LogP contribution in [0.25, 0.3) is 0 Å². The Kier molecular flexibility index (Phi) is 8.07. The van der Waals surface area contributed by atoms with E-state index in [9.17, 15) is 9.90 Å². The summed E-state index contributed by atoms with van der Waals surface area (Å²) in [6.07, 6.45) is 6.48. The molecule has 0 saturated heterocycles. The first-order chi connectivity index (χ1) is 15.0. The second-order valence-corrected chi connectivity index (χ2v) is 13.5. The molecule has 4 aliphatic carbocycles. The van der Waals surface area contributed by atoms with Gasteiger partial charge in [0.2, 0.25) is 0 Å². The minimum atomic E-state index is -0.173. The third-order valence-corrected chi connectivity index (χ3v) is 10.7. The summed E-state index contributed by atoms with van der Waals surface area (Å²) in [4.78, 5) is 11.3. The van der Waals surface area contributed by atoms with E-state index in [0.29, 0.717) is 11.8 Å². The van der Waals surface area contributed by atoms with Gasteiger partial charge in [0.25, 0.3) is 0 Å². The summed E-state index contributed by atoms with van der Waals surface area (Å²) in [5.41, 5.74) is 6.72. The van der Waals surface area contributed by atoms with E-state index in [2.05, 4.69) is 69.2 Å². The lowest BCUT2D eigenvalue weighted by molar-refractivity contribution is -0.145. The molecule has 0 radical (unpaired) electrons. The van der Waals surface area contributed by atoms with Crippen molar-refractivity contribution >= 4 is 5.97 Å². The number of aliphatic hydroxyl groups is 1. The molecule has 4 unspecified atom stereocenters. The highest BCUT2D eigenvalue weighted by molar-refractivity contribution is 5.66. The number of hydrogen-bond donors (Lipinski definition) is 1. The molecule has 0 aromatic carbocycles. The molecule has 0 bridgehead atoms. The molecular formula is C31H54O3. The van der Waals surface area contributed by atoms with Gasteiger partial charge in [0, 0.05) is 6.92 Å². The van der Waals surface area contributed by atoms with Crippen LogP contribution in [0.2, 0.25) is 0 Å². The second kappa shape index (κ2) is 9.41. The smallest absolute Gasteiger partial charge is 0.303 e. The van der Waals surface area contributed by atoms with Gasteiger partial charge < -0.3 is 9.84 Å². The van der Waals surface area contributed by atoms with Crippen molar-refractivity contribution in [3.05, 3.63) is 22.3 Å². The average molecular weight is 475 g/mol. The van der Waals surface area contributed by atoms with Gasteiger partial charge in [-0.2, -0.15) is 0 Å². The zero-order chi connectivity index (χ0) is 25.1. The van der Waals surface area contributed by atoms with E-state index in [1.54, 1.807) is 11.1 Å². The summed E-state index contributed by atoms with van der Waals surface area (Å²) in [7, 11) is 0. The van der Waals surface area contributed by atoms with Gasteiger partial charge >= 0.3 is 5.97 Å². The van der Waals surface area contributed by atoms with Crippen molar-refractivity contribution in [1.82, 2.24) is 0 Å². The summed E-state index contributed by atoms with van der Waals surface area (Å²) in [5, 5.41) is 10.2. The van der Waals surface area contributed by atoms with E-state index in [-0.39, 0.29) is 47.3 Å². The van der Waals surface area contributed by atoms with E-state index < -0.39 is 0 Å². The van der Waals surface area contributed by atoms with Crippen molar-refractivity contribution in [2.24, 2.45) is 33.5 Å². The molecule has 0 fully saturated rings. The molecule has 1 N–H and O–H groups in total. The van der Waals surface area contributed by atoms with Gasteiger partial charge in [-0.1, -0.05) is 87.8 Å². The van der Waals surface area contributed by atoms with Gasteiger partial charge in [-0.15, -0.1) is 0 Å². The lowest BCUT2D eigenvalue weighted by Gasteiger charge is -2.36. The van der Waals surface area contributed by atoms with Crippen molar-refractivity contribution in [2.45, 2.75) is 134 Å². The molecule has 0 heterocycles. The van der Waals surface area contributed by atoms with E-state index in [0.717, 1.165) is 25.7 Å². The Morgan fingerprint density at radius 3 is 1.62 bits per heavy atom. The monoisotopic (exact) mass is 474 g/mol. The number of rotatable bonds is 1. The quantitative estimate of drug-likeness (QED) is 0.307. The van der Waals surface area contributed by atoms with E-state index in [1.165, 1.54) is 30.9 Å². The van der Waals surface area contributed by atoms with Crippen LogP contribution in [0.3, 0.4) is 0 Å². The van der Waals surface area contributed by atoms with Crippen LogP contribution < -0.4 is 0 Å². The summed E-state index contributed by atoms with van der Waals surface area (Å²) in [6, 6.07) is 0. The molecule has 3 nitrogen and oxygen atoms in total. The van der Waals surface area contributed by atoms with Crippen LogP contribution >= 0.6 is 0 Å². The lowest BCUT2D eigenvalue weighted by atomic mass is 9.69. The molecule has 3 heteroatoms. The van der Waals surface area contributed by atoms with Crippen molar-refractivity contribution in [1.29, 1.82) is 0 Å². The Labute approximate surface area is 210 Å². The highest BCUT2D eigenvalue weighted by Crippen LogP contribution is 2.62. The van der Waals surface area contributed by atoms with Crippen molar-refractivity contribution in [3.8, 4) is 0 Å². The highest BCUT2D eigenvalue weighted by Gasteiger charge is 2.54. The number of aliphatic hydroxyl groups excluding tert-OH is 1. The fraction of sp³-hybridized carbons (Fsp3) is 0.839. The molecule has 0 amide bonds. The number of allylic oxidation sites excluding steroid dienone is 2. The third kappa shape index (κ3) is 4.44. The summed E-state index contributed by atoms with van der Waals surface area (Å²) >= 11 is 0. The Balaban J connectivity index is 0.000000237. The van der Waals surface area contributed by atoms with E-state index in [4.69, 9.17) is 4.74 Å². The molecule has 0 spiro atoms. The van der Waals surface area contributed by atoms with Gasteiger partial charge in [-0.3, -0.25) is 4.79 Å². The summed E-state index contributed by atoms with van der Waals surface area (Å²) in [6.45, 7) is 24.8. The fourth-order valence-electron chi connectivity index (χ4n) is 7.96. The van der Waals surface area contributed by atoms with Crippen molar-refractivity contribution < 1.29 is 14.6 Å². The largest absolute Gasteiger partial charge is 0.458 e. The molecule has 4 aliphatic rings. The van der Waals surface area contributed by atoms with Crippen LogP contribution in [0, 0.1) is 33.5 Å². The van der Waals surface area contributed by atoms with Crippen molar-refractivity contribution in [2.75, 3.05) is 0 Å². The second-order valence-electron chi connectivity index (χ2n) is 13.5. The first-order valence-corrected chi connectivity index (χ1v) is 13.3. The standard InChI is InChI=1S/C16H26O2.C14H24O.CH4/c1-10-15(3,4)12-8-7-9-13(18-11(2)17)14(12)16(10,5)6;1-9-13(2,3)10-7-6-8-11(15)12(10)14(9,4)5;/h10,13H,7-9H2,1-6H3;9,11,15H,6-8H2,1-5H3;1H4. The Morgan fingerprint density at radius 1 is 0.765 bits per heavy atom. The van der Waals surface area contributed by atoms with Crippen LogP contribution in [0.5, 0.6) is 0 Å². The van der Waals surface area contributed by atoms with Crippen molar-refractivity contribution in [3.63, 3.8) is 0 Å². The van der Waals surface area contributed by atoms with Crippen LogP contribution in [-0.2, 0) is 9.53 Å². The predicted octanol–water partition coefficient (Wildman–Crippen LogP) is 8.27. The number of carbonyl (C=O) groups excluding carboxylic acids is 1. The number of esters is 1. The Bertz CT molecular complexity index is 852. The highest BCUT2D eigenvalue weighted by atomic mass is 16.5. The zero-order valence-electron chi connectivity index (χ0n) is 23.3. The topological polar surface area (TPSA) is 46.5 Å². The third-order valence-electron chi connectivity index (χ3n) is 10.7. The fourth-order valence-corrected chi connectivity index (χ4v) is 7.96. The minimum absolute atomic E-state index is 0. The van der Waals surface area contributed by atoms with E-state index >= 15 is 0 Å². The molecule has 0 aliphatic heterocycles. The first-order valence-electron chi connectivity index (χ1n) is 13.3. The zero-order valence-corrected chi connectivity index (χ0v) is 23.3. The maximum absolute atomic E-state index is 11.3. The van der Waals surface area contributed by atoms with Gasteiger partial charge in [0.1, 0.15) is 6.10 Å². The van der Waals surface area contributed by atoms with Gasteiger partial charge in [0.15, 0.2) is 0 Å². The van der Waals surface area contributed by atoms with Gasteiger partial charge in [-0.25, -0.2) is 0 Å². The molecule has 196 valence electrons. The molecule has 0 saturated carbocycles. The number of carbonyl (C=O) groups is 1. The van der Waals surface area contributed by atoms with E-state index in [1.807, 2.05) is 0 Å². The normalized spacial score (nSPS) is 34.4. The molecular weight excluding hydrogens is 420 g/mol. The molecule has 4 atom stereocenters. The Hall–Kier alpha value is -1.09. The SMILES string of the molecule is C.CC(=O)OC1CCCC2=C1C(C)(C)C(C)C2(C)C.CC1C(C)(C)C2=C(C(O)CCC2)C1(C)C. The summed E-state index contributed by atoms with van der Waals surface area (Å²) < 4.78 is 5.59. The predicted molar refractivity (Wildman–Crippen MR) is 143 cm³/mol. The van der Waals surface area contributed by atoms with Crippen LogP contribution in [0.15, 0.2) is 22.3 Å². The molecule has 34 heavy (non-hydrogen) atoms. The summed E-state index contributed by atoms with van der Waals surface area (Å²) in [5.74, 6) is 1.07. The van der Waals surface area contributed by atoms with Crippen LogP contribution in [0.1, 0.15) is 122 Å². The molecule has 0 aromatic heterocycles. The Morgan fingerprint density at radius 2 is 1.18 bits per heavy atom. The van der Waals surface area contributed by atoms with Gasteiger partial charge in [-0.05, 0) is 83.2 Å². The lowest BCUT2D eigenvalue weighted by Crippen LogP contribution is -2.32. The first kappa shape index (κ1) is 29.1. The number of ether oxygens (including phenoxy) is 1. The molecule has 0 aromatic rings. The van der Waals surface area contributed by atoms with Crippen LogP contribution in [0.4, 0.5) is 0 Å². The van der Waals surface area contributed by atoms with Gasteiger partial charge in [0.05, 0.1) is 6.10 Å². The maximum atomic E-state index is 11.3. The molecule has 4 rings (SSSR count).